The molecule has 0 amide bonds. The summed E-state index contributed by atoms with van der Waals surface area (Å²) in [7, 11) is 1.42. The van der Waals surface area contributed by atoms with Crippen molar-refractivity contribution in [2.75, 3.05) is 33.4 Å². The highest BCUT2D eigenvalue weighted by atomic mass is 16.6. The van der Waals surface area contributed by atoms with Crippen LogP contribution in [0.4, 0.5) is 5.69 Å². The van der Waals surface area contributed by atoms with E-state index in [-0.39, 0.29) is 11.4 Å². The SMILES string of the molecule is COc1ccc(CNN2CCOCC2)cc1[N+](=O)[O-]. The first kappa shape index (κ1) is 13.7. The third-order valence-electron chi connectivity index (χ3n) is 2.96. The zero-order valence-corrected chi connectivity index (χ0v) is 10.8. The lowest BCUT2D eigenvalue weighted by molar-refractivity contribution is -0.385. The largest absolute Gasteiger partial charge is 0.490 e. The van der Waals surface area contributed by atoms with Crippen molar-refractivity contribution in [2.24, 2.45) is 0 Å². The van der Waals surface area contributed by atoms with Gasteiger partial charge < -0.3 is 9.47 Å². The average molecular weight is 267 g/mol. The lowest BCUT2D eigenvalue weighted by Crippen LogP contribution is -2.45. The van der Waals surface area contributed by atoms with E-state index in [2.05, 4.69) is 10.4 Å². The molecule has 7 heteroatoms. The molecule has 0 atom stereocenters. The van der Waals surface area contributed by atoms with Crippen molar-refractivity contribution in [1.29, 1.82) is 0 Å². The number of nitrogens with zero attached hydrogens (tertiary/aromatic N) is 2. The van der Waals surface area contributed by atoms with Crippen LogP contribution in [0.25, 0.3) is 0 Å². The van der Waals surface area contributed by atoms with Gasteiger partial charge in [0, 0.05) is 25.7 Å². The van der Waals surface area contributed by atoms with E-state index in [9.17, 15) is 10.1 Å². The Morgan fingerprint density at radius 2 is 2.21 bits per heavy atom. The monoisotopic (exact) mass is 267 g/mol. The van der Waals surface area contributed by atoms with Gasteiger partial charge in [-0.1, -0.05) is 6.07 Å². The average Bonchev–Trinajstić information content (AvgIpc) is 2.46. The predicted octanol–water partition coefficient (Wildman–Crippen LogP) is 0.940. The first-order valence-electron chi connectivity index (χ1n) is 6.08. The predicted molar refractivity (Wildman–Crippen MR) is 68.9 cm³/mol. The molecule has 0 spiro atoms. The minimum atomic E-state index is -0.433. The van der Waals surface area contributed by atoms with Crippen molar-refractivity contribution in [2.45, 2.75) is 6.54 Å². The fourth-order valence-corrected chi connectivity index (χ4v) is 1.91. The van der Waals surface area contributed by atoms with Crippen molar-refractivity contribution in [3.63, 3.8) is 0 Å². The number of nitro benzene ring substituents is 1. The minimum Gasteiger partial charge on any atom is -0.490 e. The van der Waals surface area contributed by atoms with Gasteiger partial charge in [-0.2, -0.15) is 0 Å². The Balaban J connectivity index is 2.00. The van der Waals surface area contributed by atoms with E-state index in [0.717, 1.165) is 18.7 Å². The molecule has 1 aliphatic rings. The number of hydrogen-bond acceptors (Lipinski definition) is 6. The van der Waals surface area contributed by atoms with Crippen molar-refractivity contribution in [3.05, 3.63) is 33.9 Å². The molecule has 0 unspecified atom stereocenters. The molecule has 0 aliphatic carbocycles. The molecule has 0 aromatic heterocycles. The van der Waals surface area contributed by atoms with Crippen LogP contribution in [0.2, 0.25) is 0 Å². The summed E-state index contributed by atoms with van der Waals surface area (Å²) >= 11 is 0. The molecule has 1 aliphatic heterocycles. The number of hydrazine groups is 1. The van der Waals surface area contributed by atoms with Crippen LogP contribution in [0.15, 0.2) is 18.2 Å². The van der Waals surface area contributed by atoms with Crippen LogP contribution in [0.3, 0.4) is 0 Å². The third kappa shape index (κ3) is 3.63. The molecular formula is C12H17N3O4. The quantitative estimate of drug-likeness (QED) is 0.632. The maximum atomic E-state index is 10.9. The number of hydrogen-bond donors (Lipinski definition) is 1. The molecule has 7 nitrogen and oxygen atoms in total. The molecule has 0 saturated carbocycles. The summed E-state index contributed by atoms with van der Waals surface area (Å²) in [6, 6.07) is 4.97. The summed E-state index contributed by atoms with van der Waals surface area (Å²) in [5.74, 6) is 0.278. The summed E-state index contributed by atoms with van der Waals surface area (Å²) < 4.78 is 10.2. The smallest absolute Gasteiger partial charge is 0.311 e. The number of methoxy groups -OCH3 is 1. The van der Waals surface area contributed by atoms with E-state index in [4.69, 9.17) is 9.47 Å². The molecule has 1 saturated heterocycles. The van der Waals surface area contributed by atoms with Crippen molar-refractivity contribution >= 4 is 5.69 Å². The molecule has 2 rings (SSSR count). The topological polar surface area (TPSA) is 76.9 Å². The molecule has 0 bridgehead atoms. The van der Waals surface area contributed by atoms with Gasteiger partial charge in [-0.25, -0.2) is 5.01 Å². The minimum absolute atomic E-state index is 0.0104. The number of morpholine rings is 1. The van der Waals surface area contributed by atoms with Crippen LogP contribution in [-0.2, 0) is 11.3 Å². The van der Waals surface area contributed by atoms with Crippen molar-refractivity contribution in [3.8, 4) is 5.75 Å². The van der Waals surface area contributed by atoms with Gasteiger partial charge in [-0.05, 0) is 11.6 Å². The lowest BCUT2D eigenvalue weighted by atomic mass is 10.2. The summed E-state index contributed by atoms with van der Waals surface area (Å²) in [4.78, 5) is 10.5. The lowest BCUT2D eigenvalue weighted by Gasteiger charge is -2.27. The summed E-state index contributed by atoms with van der Waals surface area (Å²) in [6.45, 7) is 3.59. The van der Waals surface area contributed by atoms with Gasteiger partial charge in [0.25, 0.3) is 0 Å². The van der Waals surface area contributed by atoms with Gasteiger partial charge in [0.05, 0.1) is 25.2 Å². The second kappa shape index (κ2) is 6.46. The van der Waals surface area contributed by atoms with Gasteiger partial charge >= 0.3 is 5.69 Å². The number of nitro groups is 1. The van der Waals surface area contributed by atoms with E-state index in [1.807, 2.05) is 6.07 Å². The van der Waals surface area contributed by atoms with Crippen LogP contribution in [0.1, 0.15) is 5.56 Å². The third-order valence-corrected chi connectivity index (χ3v) is 2.96. The Labute approximate surface area is 111 Å². The second-order valence-electron chi connectivity index (χ2n) is 4.20. The highest BCUT2D eigenvalue weighted by Crippen LogP contribution is 2.27. The van der Waals surface area contributed by atoms with Crippen LogP contribution in [0, 0.1) is 10.1 Å². The highest BCUT2D eigenvalue weighted by molar-refractivity contribution is 5.48. The number of rotatable bonds is 5. The molecule has 104 valence electrons. The van der Waals surface area contributed by atoms with Gasteiger partial charge in [0.2, 0.25) is 0 Å². The van der Waals surface area contributed by atoms with Crippen LogP contribution >= 0.6 is 0 Å². The van der Waals surface area contributed by atoms with E-state index in [1.165, 1.54) is 13.2 Å². The Morgan fingerprint density at radius 3 is 2.84 bits per heavy atom. The number of nitrogens with one attached hydrogen (secondary N) is 1. The number of benzene rings is 1. The molecule has 1 aromatic rings. The first-order valence-corrected chi connectivity index (χ1v) is 6.08. The molecule has 1 N–H and O–H groups in total. The van der Waals surface area contributed by atoms with E-state index in [0.29, 0.717) is 19.8 Å². The Morgan fingerprint density at radius 1 is 1.47 bits per heavy atom. The highest BCUT2D eigenvalue weighted by Gasteiger charge is 2.16. The summed E-state index contributed by atoms with van der Waals surface area (Å²) in [5, 5.41) is 13.0. The normalized spacial score (nSPS) is 16.3. The molecular weight excluding hydrogens is 250 g/mol. The molecule has 0 radical (unpaired) electrons. The second-order valence-corrected chi connectivity index (χ2v) is 4.20. The van der Waals surface area contributed by atoms with Gasteiger partial charge in [-0.15, -0.1) is 0 Å². The Kier molecular flexibility index (Phi) is 4.67. The van der Waals surface area contributed by atoms with E-state index in [1.54, 1.807) is 6.07 Å². The fourth-order valence-electron chi connectivity index (χ4n) is 1.91. The maximum absolute atomic E-state index is 10.9. The molecule has 1 heterocycles. The van der Waals surface area contributed by atoms with E-state index < -0.39 is 4.92 Å². The zero-order valence-electron chi connectivity index (χ0n) is 10.8. The van der Waals surface area contributed by atoms with Gasteiger partial charge in [0.1, 0.15) is 0 Å². The van der Waals surface area contributed by atoms with Crippen molar-refractivity contribution in [1.82, 2.24) is 10.4 Å². The molecule has 19 heavy (non-hydrogen) atoms. The Bertz CT molecular complexity index is 447. The Hall–Kier alpha value is -1.70. The van der Waals surface area contributed by atoms with Gasteiger partial charge in [0.15, 0.2) is 5.75 Å². The zero-order chi connectivity index (χ0) is 13.7. The standard InChI is InChI=1S/C12H17N3O4/c1-18-12-3-2-10(8-11(12)15(16)17)9-13-14-4-6-19-7-5-14/h2-3,8,13H,4-7,9H2,1H3. The van der Waals surface area contributed by atoms with Gasteiger partial charge in [-0.3, -0.25) is 15.5 Å². The van der Waals surface area contributed by atoms with Crippen molar-refractivity contribution < 1.29 is 14.4 Å². The fraction of sp³-hybridized carbons (Fsp3) is 0.500. The van der Waals surface area contributed by atoms with Crippen LogP contribution in [-0.4, -0.2) is 43.3 Å². The number of ether oxygens (including phenoxy) is 2. The van der Waals surface area contributed by atoms with Crippen LogP contribution in [0.5, 0.6) is 5.75 Å². The molecule has 1 aromatic carbocycles. The van der Waals surface area contributed by atoms with E-state index >= 15 is 0 Å². The summed E-state index contributed by atoms with van der Waals surface area (Å²) in [6.07, 6.45) is 0. The maximum Gasteiger partial charge on any atom is 0.311 e. The summed E-state index contributed by atoms with van der Waals surface area (Å²) in [5.41, 5.74) is 4.07. The first-order chi connectivity index (χ1) is 9.20. The van der Waals surface area contributed by atoms with Crippen LogP contribution < -0.4 is 10.2 Å². The molecule has 1 fully saturated rings.